The van der Waals surface area contributed by atoms with E-state index in [1.54, 1.807) is 0 Å². The van der Waals surface area contributed by atoms with Crippen LogP contribution in [-0.4, -0.2) is 28.6 Å². The smallest absolute Gasteiger partial charge is 0.335 e. The molecule has 0 spiro atoms. The highest BCUT2D eigenvalue weighted by Crippen LogP contribution is 2.25. The number of aromatic hydroxyl groups is 1. The van der Waals surface area contributed by atoms with Crippen molar-refractivity contribution < 1.29 is 19.8 Å². The summed E-state index contributed by atoms with van der Waals surface area (Å²) in [7, 11) is 0. The number of amides is 1. The van der Waals surface area contributed by atoms with E-state index in [4.69, 9.17) is 10.8 Å². The van der Waals surface area contributed by atoms with Crippen LogP contribution in [0, 0.1) is 5.92 Å². The zero-order valence-corrected chi connectivity index (χ0v) is 10.0. The SMILES string of the molecule is CCC(CN)C(=O)Nc1cc(C(=O)O)ccc1O. The molecule has 0 aliphatic carbocycles. The van der Waals surface area contributed by atoms with Gasteiger partial charge in [-0.15, -0.1) is 0 Å². The van der Waals surface area contributed by atoms with Crippen molar-refractivity contribution in [3.05, 3.63) is 23.8 Å². The number of phenolic OH excluding ortho intramolecular Hbond substituents is 1. The van der Waals surface area contributed by atoms with Gasteiger partial charge in [0, 0.05) is 6.54 Å². The zero-order chi connectivity index (χ0) is 13.7. The first-order valence-corrected chi connectivity index (χ1v) is 5.56. The minimum absolute atomic E-state index is 0.0103. The highest BCUT2D eigenvalue weighted by molar-refractivity contribution is 5.96. The van der Waals surface area contributed by atoms with E-state index in [0.29, 0.717) is 6.42 Å². The van der Waals surface area contributed by atoms with Gasteiger partial charge >= 0.3 is 5.97 Å². The highest BCUT2D eigenvalue weighted by Gasteiger charge is 2.17. The first-order valence-electron chi connectivity index (χ1n) is 5.56. The van der Waals surface area contributed by atoms with Crippen LogP contribution in [0.1, 0.15) is 23.7 Å². The summed E-state index contributed by atoms with van der Waals surface area (Å²) in [4.78, 5) is 22.5. The molecule has 6 nitrogen and oxygen atoms in total. The molecule has 0 bridgehead atoms. The Labute approximate surface area is 104 Å². The summed E-state index contributed by atoms with van der Waals surface area (Å²) in [6, 6.07) is 3.69. The van der Waals surface area contributed by atoms with Gasteiger partial charge in [-0.05, 0) is 24.6 Å². The molecule has 0 radical (unpaired) electrons. The fourth-order valence-corrected chi connectivity index (χ4v) is 1.46. The molecular formula is C12H16N2O4. The summed E-state index contributed by atoms with van der Waals surface area (Å²) in [5.41, 5.74) is 5.50. The van der Waals surface area contributed by atoms with Gasteiger partial charge < -0.3 is 21.3 Å². The summed E-state index contributed by atoms with van der Waals surface area (Å²) in [6.45, 7) is 2.02. The highest BCUT2D eigenvalue weighted by atomic mass is 16.4. The molecule has 1 atom stereocenters. The van der Waals surface area contributed by atoms with Gasteiger partial charge in [0.2, 0.25) is 5.91 Å². The molecule has 0 aromatic heterocycles. The molecule has 0 saturated heterocycles. The Morgan fingerprint density at radius 2 is 2.11 bits per heavy atom. The molecule has 1 unspecified atom stereocenters. The van der Waals surface area contributed by atoms with Crippen LogP contribution in [0.2, 0.25) is 0 Å². The van der Waals surface area contributed by atoms with E-state index in [9.17, 15) is 14.7 Å². The third-order valence-corrected chi connectivity index (χ3v) is 2.65. The number of carbonyl (C=O) groups excluding carboxylic acids is 1. The predicted octanol–water partition coefficient (Wildman–Crippen LogP) is 1.01. The van der Waals surface area contributed by atoms with Crippen molar-refractivity contribution >= 4 is 17.6 Å². The van der Waals surface area contributed by atoms with Gasteiger partial charge in [0.15, 0.2) is 0 Å². The van der Waals surface area contributed by atoms with E-state index in [2.05, 4.69) is 5.32 Å². The number of carbonyl (C=O) groups is 2. The third kappa shape index (κ3) is 3.21. The van der Waals surface area contributed by atoms with E-state index in [1.807, 2.05) is 6.92 Å². The van der Waals surface area contributed by atoms with Crippen LogP contribution >= 0.6 is 0 Å². The lowest BCUT2D eigenvalue weighted by Gasteiger charge is -2.13. The number of nitrogens with two attached hydrogens (primary N) is 1. The largest absolute Gasteiger partial charge is 0.506 e. The van der Waals surface area contributed by atoms with Crippen LogP contribution in [0.5, 0.6) is 5.75 Å². The topological polar surface area (TPSA) is 113 Å². The molecule has 1 aromatic rings. The first-order chi connectivity index (χ1) is 8.49. The molecule has 0 saturated carbocycles. The second-order valence-corrected chi connectivity index (χ2v) is 3.87. The summed E-state index contributed by atoms with van der Waals surface area (Å²) in [5.74, 6) is -2.01. The molecule has 1 aromatic carbocycles. The third-order valence-electron chi connectivity index (χ3n) is 2.65. The number of hydrogen-bond donors (Lipinski definition) is 4. The van der Waals surface area contributed by atoms with Crippen molar-refractivity contribution in [1.82, 2.24) is 0 Å². The van der Waals surface area contributed by atoms with Crippen molar-refractivity contribution in [2.75, 3.05) is 11.9 Å². The van der Waals surface area contributed by atoms with Crippen LogP contribution in [-0.2, 0) is 4.79 Å². The van der Waals surface area contributed by atoms with Gasteiger partial charge in [0.1, 0.15) is 5.75 Å². The lowest BCUT2D eigenvalue weighted by molar-refractivity contribution is -0.119. The Morgan fingerprint density at radius 1 is 1.44 bits per heavy atom. The van der Waals surface area contributed by atoms with Crippen molar-refractivity contribution in [1.29, 1.82) is 0 Å². The average molecular weight is 252 g/mol. The number of carboxylic acid groups (broad SMARTS) is 1. The average Bonchev–Trinajstić information content (AvgIpc) is 2.33. The number of aromatic carboxylic acids is 1. The minimum Gasteiger partial charge on any atom is -0.506 e. The summed E-state index contributed by atoms with van der Waals surface area (Å²) in [5, 5.41) is 20.9. The molecule has 0 heterocycles. The van der Waals surface area contributed by atoms with E-state index in [1.165, 1.54) is 18.2 Å². The monoisotopic (exact) mass is 252 g/mol. The van der Waals surface area contributed by atoms with E-state index >= 15 is 0 Å². The molecule has 1 amide bonds. The molecule has 5 N–H and O–H groups in total. The fourth-order valence-electron chi connectivity index (χ4n) is 1.46. The first kappa shape index (κ1) is 14.0. The number of rotatable bonds is 5. The number of hydrogen-bond acceptors (Lipinski definition) is 4. The maximum atomic E-state index is 11.8. The Bertz CT molecular complexity index is 455. The summed E-state index contributed by atoms with van der Waals surface area (Å²) >= 11 is 0. The van der Waals surface area contributed by atoms with Crippen LogP contribution < -0.4 is 11.1 Å². The van der Waals surface area contributed by atoms with Crippen LogP contribution in [0.15, 0.2) is 18.2 Å². The van der Waals surface area contributed by atoms with Crippen molar-refractivity contribution in [3.63, 3.8) is 0 Å². The molecule has 0 aliphatic rings. The van der Waals surface area contributed by atoms with Gasteiger partial charge in [-0.2, -0.15) is 0 Å². The van der Waals surface area contributed by atoms with E-state index < -0.39 is 5.97 Å². The van der Waals surface area contributed by atoms with Gasteiger partial charge in [-0.3, -0.25) is 4.79 Å². The van der Waals surface area contributed by atoms with Crippen LogP contribution in [0.3, 0.4) is 0 Å². The van der Waals surface area contributed by atoms with Gasteiger partial charge in [-0.25, -0.2) is 4.79 Å². The second-order valence-electron chi connectivity index (χ2n) is 3.87. The standard InChI is InChI=1S/C12H16N2O4/c1-2-7(6-13)11(16)14-9-5-8(12(17)18)3-4-10(9)15/h3-5,7,15H,2,6,13H2,1H3,(H,14,16)(H,17,18). The molecule has 6 heteroatoms. The normalized spacial score (nSPS) is 11.9. The Morgan fingerprint density at radius 3 is 2.61 bits per heavy atom. The molecular weight excluding hydrogens is 236 g/mol. The maximum Gasteiger partial charge on any atom is 0.335 e. The lowest BCUT2D eigenvalue weighted by Crippen LogP contribution is -2.28. The van der Waals surface area contributed by atoms with Gasteiger partial charge in [-0.1, -0.05) is 6.92 Å². The number of phenols is 1. The number of benzene rings is 1. The predicted molar refractivity (Wildman–Crippen MR) is 66.5 cm³/mol. The fraction of sp³-hybridized carbons (Fsp3) is 0.333. The van der Waals surface area contributed by atoms with E-state index in [-0.39, 0.29) is 35.4 Å². The quantitative estimate of drug-likeness (QED) is 0.584. The van der Waals surface area contributed by atoms with Crippen LogP contribution in [0.4, 0.5) is 5.69 Å². The molecule has 98 valence electrons. The second kappa shape index (κ2) is 6.02. The van der Waals surface area contributed by atoms with Crippen molar-refractivity contribution in [2.24, 2.45) is 11.7 Å². The number of carboxylic acids is 1. The zero-order valence-electron chi connectivity index (χ0n) is 10.0. The Hall–Kier alpha value is -2.08. The summed E-state index contributed by atoms with van der Waals surface area (Å²) < 4.78 is 0. The van der Waals surface area contributed by atoms with Gasteiger partial charge in [0.05, 0.1) is 17.2 Å². The van der Waals surface area contributed by atoms with Gasteiger partial charge in [0.25, 0.3) is 0 Å². The van der Waals surface area contributed by atoms with Crippen molar-refractivity contribution in [3.8, 4) is 5.75 Å². The summed E-state index contributed by atoms with van der Waals surface area (Å²) in [6.07, 6.45) is 0.571. The van der Waals surface area contributed by atoms with Crippen LogP contribution in [0.25, 0.3) is 0 Å². The lowest BCUT2D eigenvalue weighted by atomic mass is 10.1. The Balaban J connectivity index is 2.93. The number of anilines is 1. The molecule has 18 heavy (non-hydrogen) atoms. The molecule has 0 aliphatic heterocycles. The minimum atomic E-state index is -1.13. The Kier molecular flexibility index (Phi) is 4.67. The maximum absolute atomic E-state index is 11.8. The van der Waals surface area contributed by atoms with Crippen molar-refractivity contribution in [2.45, 2.75) is 13.3 Å². The van der Waals surface area contributed by atoms with E-state index in [0.717, 1.165) is 0 Å². The molecule has 0 fully saturated rings. The number of nitrogens with one attached hydrogen (secondary N) is 1. The molecule has 1 rings (SSSR count).